The summed E-state index contributed by atoms with van der Waals surface area (Å²) in [6.45, 7) is 0.494. The third-order valence-electron chi connectivity index (χ3n) is 7.13. The lowest BCUT2D eigenvalue weighted by atomic mass is 9.71. The number of nitriles is 1. The van der Waals surface area contributed by atoms with E-state index in [2.05, 4.69) is 15.6 Å². The maximum atomic E-state index is 14.9. The Balaban J connectivity index is 1.42. The molecule has 1 aliphatic carbocycles. The normalized spacial score (nSPS) is 28.5. The van der Waals surface area contributed by atoms with Crippen molar-refractivity contribution in [3.05, 3.63) is 22.2 Å². The van der Waals surface area contributed by atoms with Crippen molar-refractivity contribution in [2.45, 2.75) is 56.2 Å². The number of nitrogens with zero attached hydrogens (tertiary/aromatic N) is 2. The lowest BCUT2D eigenvalue weighted by Gasteiger charge is -2.53. The predicted molar refractivity (Wildman–Crippen MR) is 120 cm³/mol. The van der Waals surface area contributed by atoms with Crippen LogP contribution in [-0.2, 0) is 9.59 Å². The predicted octanol–water partition coefficient (Wildman–Crippen LogP) is 3.05. The van der Waals surface area contributed by atoms with E-state index >= 15 is 0 Å². The Morgan fingerprint density at radius 1 is 1.38 bits per heavy atom. The first-order chi connectivity index (χ1) is 16.2. The van der Waals surface area contributed by atoms with Gasteiger partial charge in [0.05, 0.1) is 27.2 Å². The van der Waals surface area contributed by atoms with Crippen LogP contribution in [0.1, 0.15) is 42.6 Å². The fourth-order valence-electron chi connectivity index (χ4n) is 5.49. The van der Waals surface area contributed by atoms with Gasteiger partial charge >= 0.3 is 0 Å². The van der Waals surface area contributed by atoms with E-state index in [4.69, 9.17) is 11.6 Å². The second-order valence-electron chi connectivity index (χ2n) is 9.17. The maximum absolute atomic E-state index is 14.9. The maximum Gasteiger partial charge on any atom is 0.271 e. The molecular weight excluding hydrogens is 488 g/mol. The molecule has 180 valence electrons. The summed E-state index contributed by atoms with van der Waals surface area (Å²) >= 11 is 7.49. The van der Waals surface area contributed by atoms with Crippen LogP contribution >= 0.6 is 22.9 Å². The molecule has 3 aliphatic heterocycles. The van der Waals surface area contributed by atoms with Crippen LogP contribution in [0.3, 0.4) is 0 Å². The Hall–Kier alpha value is -2.71. The number of alkyl halides is 2. The number of fused-ring (bicyclic) bond motifs is 4. The zero-order valence-electron chi connectivity index (χ0n) is 17.9. The number of amides is 3. The van der Waals surface area contributed by atoms with Crippen molar-refractivity contribution in [1.29, 1.82) is 5.26 Å². The van der Waals surface area contributed by atoms with Crippen molar-refractivity contribution < 1.29 is 23.2 Å². The molecule has 12 heteroatoms. The van der Waals surface area contributed by atoms with E-state index in [9.17, 15) is 28.4 Å². The number of piperidine rings is 2. The van der Waals surface area contributed by atoms with Crippen LogP contribution in [-0.4, -0.2) is 58.2 Å². The molecular formula is C22H22ClF2N5O3S. The number of thiophene rings is 1. The van der Waals surface area contributed by atoms with Crippen molar-refractivity contribution in [2.75, 3.05) is 6.54 Å². The summed E-state index contributed by atoms with van der Waals surface area (Å²) in [6.07, 6.45) is 0.594. The summed E-state index contributed by atoms with van der Waals surface area (Å²) in [6, 6.07) is 0.323. The third kappa shape index (κ3) is 3.82. The van der Waals surface area contributed by atoms with Crippen molar-refractivity contribution >= 4 is 50.9 Å². The molecule has 0 radical (unpaired) electrons. The van der Waals surface area contributed by atoms with E-state index in [0.717, 1.165) is 4.70 Å². The summed E-state index contributed by atoms with van der Waals surface area (Å²) in [4.78, 5) is 42.9. The van der Waals surface area contributed by atoms with Crippen LogP contribution in [0.2, 0.25) is 5.02 Å². The number of rotatable bonds is 5. The minimum atomic E-state index is -3.10. The molecule has 4 fully saturated rings. The first kappa shape index (κ1) is 23.1. The van der Waals surface area contributed by atoms with E-state index in [-0.39, 0.29) is 24.4 Å². The quantitative estimate of drug-likeness (QED) is 0.574. The van der Waals surface area contributed by atoms with Gasteiger partial charge in [0.1, 0.15) is 17.8 Å². The molecule has 34 heavy (non-hydrogen) atoms. The molecule has 2 bridgehead atoms. The number of hydrogen-bond donors (Lipinski definition) is 3. The SMILES string of the molecule is N#C[C@@H](C[C@@H]1CCNC1=O)NC(=O)[C@@H]1[C@@H]2CC[C@@H](CC2(F)F)N1C(=O)c1cc2scc(Cl)c2[nH]1. The summed E-state index contributed by atoms with van der Waals surface area (Å²) < 4.78 is 30.5. The van der Waals surface area contributed by atoms with E-state index < -0.39 is 54.1 Å². The number of nitrogens with one attached hydrogen (secondary N) is 3. The average molecular weight is 510 g/mol. The number of carbonyl (C=O) groups is 3. The molecule has 0 unspecified atom stereocenters. The first-order valence-corrected chi connectivity index (χ1v) is 12.4. The Labute approximate surface area is 202 Å². The third-order valence-corrected chi connectivity index (χ3v) is 8.49. The Morgan fingerprint density at radius 2 is 2.18 bits per heavy atom. The average Bonchev–Trinajstić information content (AvgIpc) is 3.49. The van der Waals surface area contributed by atoms with Crippen LogP contribution in [0.4, 0.5) is 8.78 Å². The lowest BCUT2D eigenvalue weighted by Crippen LogP contribution is -2.68. The second kappa shape index (κ2) is 8.50. The molecule has 0 aromatic carbocycles. The monoisotopic (exact) mass is 509 g/mol. The van der Waals surface area contributed by atoms with Gasteiger partial charge in [-0.05, 0) is 31.7 Å². The van der Waals surface area contributed by atoms with Crippen LogP contribution < -0.4 is 10.6 Å². The van der Waals surface area contributed by atoms with Gasteiger partial charge in [0, 0.05) is 30.3 Å². The zero-order chi connectivity index (χ0) is 24.2. The highest BCUT2D eigenvalue weighted by Crippen LogP contribution is 2.49. The van der Waals surface area contributed by atoms with Gasteiger partial charge in [0.2, 0.25) is 11.8 Å². The molecule has 5 atom stereocenters. The molecule has 0 spiro atoms. The number of aromatic nitrogens is 1. The fourth-order valence-corrected chi connectivity index (χ4v) is 6.64. The van der Waals surface area contributed by atoms with Crippen molar-refractivity contribution in [2.24, 2.45) is 11.8 Å². The van der Waals surface area contributed by atoms with Gasteiger partial charge in [-0.3, -0.25) is 14.4 Å². The Morgan fingerprint density at radius 3 is 2.82 bits per heavy atom. The molecule has 8 nitrogen and oxygen atoms in total. The topological polar surface area (TPSA) is 118 Å². The smallest absolute Gasteiger partial charge is 0.271 e. The van der Waals surface area contributed by atoms with E-state index in [1.807, 2.05) is 6.07 Å². The van der Waals surface area contributed by atoms with Crippen molar-refractivity contribution in [3.63, 3.8) is 0 Å². The van der Waals surface area contributed by atoms with Gasteiger partial charge in [-0.15, -0.1) is 11.3 Å². The molecule has 3 N–H and O–H groups in total. The molecule has 2 aromatic heterocycles. The van der Waals surface area contributed by atoms with Crippen molar-refractivity contribution in [3.8, 4) is 6.07 Å². The van der Waals surface area contributed by atoms with Gasteiger partial charge in [-0.2, -0.15) is 5.26 Å². The van der Waals surface area contributed by atoms with Gasteiger partial charge in [-0.1, -0.05) is 11.6 Å². The van der Waals surface area contributed by atoms with Gasteiger partial charge in [0.15, 0.2) is 0 Å². The van der Waals surface area contributed by atoms with Crippen LogP contribution in [0.15, 0.2) is 11.4 Å². The molecule has 4 aliphatic rings. The molecule has 1 saturated carbocycles. The highest BCUT2D eigenvalue weighted by molar-refractivity contribution is 7.17. The summed E-state index contributed by atoms with van der Waals surface area (Å²) in [5, 5.41) is 16.9. The molecule has 6 rings (SSSR count). The van der Waals surface area contributed by atoms with Crippen molar-refractivity contribution in [1.82, 2.24) is 20.5 Å². The first-order valence-electron chi connectivity index (χ1n) is 11.1. The molecule has 5 heterocycles. The number of H-pyrrole nitrogens is 1. The van der Waals surface area contributed by atoms with Gasteiger partial charge in [0.25, 0.3) is 11.8 Å². The fraction of sp³-hybridized carbons (Fsp3) is 0.545. The molecule has 2 aromatic rings. The Kier molecular flexibility index (Phi) is 5.76. The zero-order valence-corrected chi connectivity index (χ0v) is 19.5. The Bertz CT molecular complexity index is 1210. The minimum absolute atomic E-state index is 0.0879. The minimum Gasteiger partial charge on any atom is -0.356 e. The highest BCUT2D eigenvalue weighted by atomic mass is 35.5. The van der Waals surface area contributed by atoms with Crippen LogP contribution in [0.5, 0.6) is 0 Å². The van der Waals surface area contributed by atoms with Gasteiger partial charge < -0.3 is 20.5 Å². The summed E-state index contributed by atoms with van der Waals surface area (Å²) in [5.41, 5.74) is 0.764. The van der Waals surface area contributed by atoms with E-state index in [1.54, 1.807) is 11.4 Å². The summed E-state index contributed by atoms with van der Waals surface area (Å²) in [5.74, 6) is -6.42. The molecule has 3 amide bonds. The van der Waals surface area contributed by atoms with E-state index in [0.29, 0.717) is 29.9 Å². The number of hydrogen-bond acceptors (Lipinski definition) is 5. The van der Waals surface area contributed by atoms with Crippen LogP contribution in [0, 0.1) is 23.2 Å². The number of carbonyl (C=O) groups excluding carboxylic acids is 3. The second-order valence-corrected chi connectivity index (χ2v) is 10.5. The molecule has 3 saturated heterocycles. The highest BCUT2D eigenvalue weighted by Gasteiger charge is 2.60. The number of aromatic amines is 1. The summed E-state index contributed by atoms with van der Waals surface area (Å²) in [7, 11) is 0. The van der Waals surface area contributed by atoms with E-state index in [1.165, 1.54) is 16.2 Å². The van der Waals surface area contributed by atoms with Gasteiger partial charge in [-0.25, -0.2) is 8.78 Å². The van der Waals surface area contributed by atoms with Crippen LogP contribution in [0.25, 0.3) is 10.2 Å². The largest absolute Gasteiger partial charge is 0.356 e. The standard InChI is InChI=1S/C22H22ClF2N5O3S/c23-14-9-34-16-6-15(29-17(14)16)21(33)30-12-1-2-13(22(24,25)7-12)18(30)20(32)28-11(8-26)5-10-3-4-27-19(10)31/h6,9-13,18,29H,1-5,7H2,(H,27,31)(H,28,32)/t10-,11+,12-,13-,18-/m0/s1. The lowest BCUT2D eigenvalue weighted by molar-refractivity contribution is -0.179. The number of halogens is 3.